The van der Waals surface area contributed by atoms with Crippen LogP contribution in [-0.2, 0) is 16.6 Å². The topological polar surface area (TPSA) is 75.6 Å². The third kappa shape index (κ3) is 3.11. The molecule has 2 N–H and O–H groups in total. The van der Waals surface area contributed by atoms with E-state index in [0.717, 1.165) is 0 Å². The second kappa shape index (κ2) is 6.43. The average Bonchev–Trinajstić information content (AvgIpc) is 2.54. The van der Waals surface area contributed by atoms with Crippen molar-refractivity contribution in [3.63, 3.8) is 0 Å². The number of rotatable bonds is 5. The molecule has 0 bridgehead atoms. The minimum Gasteiger partial charge on any atom is -0.496 e. The van der Waals surface area contributed by atoms with Crippen LogP contribution in [-0.4, -0.2) is 27.7 Å². The van der Waals surface area contributed by atoms with Crippen molar-refractivity contribution in [2.75, 3.05) is 14.2 Å². The normalized spacial score (nSPS) is 11.5. The number of methoxy groups -OCH3 is 1. The molecule has 0 aliphatic heterocycles. The van der Waals surface area contributed by atoms with Crippen molar-refractivity contribution in [2.24, 2.45) is 0 Å². The van der Waals surface area contributed by atoms with Gasteiger partial charge in [0.2, 0.25) is 10.0 Å². The second-order valence-corrected chi connectivity index (χ2v) is 6.43. The van der Waals surface area contributed by atoms with E-state index in [1.54, 1.807) is 0 Å². The van der Waals surface area contributed by atoms with Crippen molar-refractivity contribution in [2.45, 2.75) is 11.5 Å². The number of hydrogen-bond acceptors (Lipinski definition) is 4. The lowest BCUT2D eigenvalue weighted by Crippen LogP contribution is -2.18. The molecule has 0 aromatic heterocycles. The lowest BCUT2D eigenvalue weighted by molar-refractivity contribution is 0.282. The van der Waals surface area contributed by atoms with Crippen molar-refractivity contribution < 1.29 is 22.7 Å². The van der Waals surface area contributed by atoms with E-state index in [9.17, 15) is 12.8 Å². The van der Waals surface area contributed by atoms with Crippen LogP contribution in [0.4, 0.5) is 4.39 Å². The number of benzene rings is 2. The monoisotopic (exact) mass is 325 g/mol. The van der Waals surface area contributed by atoms with E-state index in [-0.39, 0.29) is 22.8 Å². The number of ether oxygens (including phenoxy) is 1. The predicted octanol–water partition coefficient (Wildman–Crippen LogP) is 1.90. The van der Waals surface area contributed by atoms with Crippen molar-refractivity contribution in [1.29, 1.82) is 0 Å². The number of sulfonamides is 1. The van der Waals surface area contributed by atoms with Crippen molar-refractivity contribution in [3.05, 3.63) is 47.8 Å². The summed E-state index contributed by atoms with van der Waals surface area (Å²) in [6.45, 7) is -0.220. The van der Waals surface area contributed by atoms with Crippen LogP contribution in [0.1, 0.15) is 5.56 Å². The number of hydrogen-bond donors (Lipinski definition) is 2. The fraction of sp³-hybridized carbons (Fsp3) is 0.200. The van der Waals surface area contributed by atoms with Crippen molar-refractivity contribution in [3.8, 4) is 16.9 Å². The SMILES string of the molecule is CNS(=O)(=O)c1ccc(-c2cc(CO)ccc2F)c(OC)c1. The maximum absolute atomic E-state index is 14.0. The van der Waals surface area contributed by atoms with Crippen LogP contribution in [0, 0.1) is 5.82 Å². The summed E-state index contributed by atoms with van der Waals surface area (Å²) < 4.78 is 45.1. The summed E-state index contributed by atoms with van der Waals surface area (Å²) in [5, 5.41) is 9.17. The molecule has 0 aliphatic carbocycles. The molecule has 0 radical (unpaired) electrons. The van der Waals surface area contributed by atoms with Crippen molar-refractivity contribution in [1.82, 2.24) is 4.72 Å². The Morgan fingerprint density at radius 1 is 1.18 bits per heavy atom. The van der Waals surface area contributed by atoms with Crippen LogP contribution in [0.15, 0.2) is 41.3 Å². The van der Waals surface area contributed by atoms with E-state index in [1.165, 1.54) is 50.6 Å². The zero-order valence-electron chi connectivity index (χ0n) is 12.1. The third-order valence-electron chi connectivity index (χ3n) is 3.26. The molecular weight excluding hydrogens is 309 g/mol. The highest BCUT2D eigenvalue weighted by Crippen LogP contribution is 2.34. The highest BCUT2D eigenvalue weighted by atomic mass is 32.2. The molecule has 0 spiro atoms. The summed E-state index contributed by atoms with van der Waals surface area (Å²) in [7, 11) is -0.933. The van der Waals surface area contributed by atoms with E-state index in [1.807, 2.05) is 0 Å². The first-order chi connectivity index (χ1) is 10.4. The first-order valence-corrected chi connectivity index (χ1v) is 7.92. The molecule has 5 nitrogen and oxygen atoms in total. The van der Waals surface area contributed by atoms with Crippen LogP contribution >= 0.6 is 0 Å². The summed E-state index contributed by atoms with van der Waals surface area (Å²) in [6.07, 6.45) is 0. The molecule has 0 saturated heterocycles. The largest absolute Gasteiger partial charge is 0.496 e. The van der Waals surface area contributed by atoms with E-state index in [0.29, 0.717) is 11.1 Å². The van der Waals surface area contributed by atoms with Crippen LogP contribution < -0.4 is 9.46 Å². The second-order valence-electron chi connectivity index (χ2n) is 4.54. The zero-order chi connectivity index (χ0) is 16.3. The van der Waals surface area contributed by atoms with Gasteiger partial charge in [0.25, 0.3) is 0 Å². The molecule has 0 saturated carbocycles. The van der Waals surface area contributed by atoms with Gasteiger partial charge in [-0.2, -0.15) is 0 Å². The Bertz CT molecular complexity index is 790. The maximum atomic E-state index is 14.0. The van der Waals surface area contributed by atoms with Gasteiger partial charge in [0, 0.05) is 17.2 Å². The van der Waals surface area contributed by atoms with Crippen LogP contribution in [0.25, 0.3) is 11.1 Å². The zero-order valence-corrected chi connectivity index (χ0v) is 12.9. The maximum Gasteiger partial charge on any atom is 0.240 e. The smallest absolute Gasteiger partial charge is 0.240 e. The lowest BCUT2D eigenvalue weighted by Gasteiger charge is -2.12. The molecule has 2 aromatic rings. The first-order valence-electron chi connectivity index (χ1n) is 6.44. The molecule has 2 rings (SSSR count). The van der Waals surface area contributed by atoms with Gasteiger partial charge in [-0.25, -0.2) is 17.5 Å². The molecule has 22 heavy (non-hydrogen) atoms. The summed E-state index contributed by atoms with van der Waals surface area (Å²) in [5.74, 6) is -0.259. The molecule has 118 valence electrons. The average molecular weight is 325 g/mol. The van der Waals surface area contributed by atoms with E-state index in [2.05, 4.69) is 4.72 Å². The molecule has 0 atom stereocenters. The van der Waals surface area contributed by atoms with Gasteiger partial charge in [-0.05, 0) is 36.9 Å². The fourth-order valence-electron chi connectivity index (χ4n) is 2.06. The molecule has 0 fully saturated rings. The van der Waals surface area contributed by atoms with Gasteiger partial charge in [-0.15, -0.1) is 0 Å². The number of halogens is 1. The molecule has 0 unspecified atom stereocenters. The van der Waals surface area contributed by atoms with Gasteiger partial charge in [0.05, 0.1) is 18.6 Å². The van der Waals surface area contributed by atoms with Crippen LogP contribution in [0.3, 0.4) is 0 Å². The van der Waals surface area contributed by atoms with Gasteiger partial charge in [-0.1, -0.05) is 6.07 Å². The predicted molar refractivity (Wildman–Crippen MR) is 80.6 cm³/mol. The van der Waals surface area contributed by atoms with Gasteiger partial charge < -0.3 is 9.84 Å². The molecule has 0 aliphatic rings. The Kier molecular flexibility index (Phi) is 4.80. The van der Waals surface area contributed by atoms with E-state index < -0.39 is 15.8 Å². The minimum absolute atomic E-state index is 0.0225. The van der Waals surface area contributed by atoms with Crippen LogP contribution in [0.2, 0.25) is 0 Å². The Labute approximate surface area is 128 Å². The molecule has 7 heteroatoms. The Balaban J connectivity index is 2.62. The Hall–Kier alpha value is -1.96. The highest BCUT2D eigenvalue weighted by molar-refractivity contribution is 7.89. The summed E-state index contributed by atoms with van der Waals surface area (Å²) in [4.78, 5) is 0.0225. The molecular formula is C15H16FNO4S. The van der Waals surface area contributed by atoms with E-state index in [4.69, 9.17) is 9.84 Å². The Morgan fingerprint density at radius 2 is 1.91 bits per heavy atom. The van der Waals surface area contributed by atoms with E-state index >= 15 is 0 Å². The third-order valence-corrected chi connectivity index (χ3v) is 4.67. The highest BCUT2D eigenvalue weighted by Gasteiger charge is 2.17. The van der Waals surface area contributed by atoms with Crippen LogP contribution in [0.5, 0.6) is 5.75 Å². The molecule has 0 amide bonds. The fourth-order valence-corrected chi connectivity index (χ4v) is 2.80. The van der Waals surface area contributed by atoms with Crippen molar-refractivity contribution >= 4 is 10.0 Å². The van der Waals surface area contributed by atoms with Gasteiger partial charge in [0.15, 0.2) is 0 Å². The quantitative estimate of drug-likeness (QED) is 0.880. The number of nitrogens with one attached hydrogen (secondary N) is 1. The lowest BCUT2D eigenvalue weighted by atomic mass is 10.0. The summed E-state index contributed by atoms with van der Waals surface area (Å²) >= 11 is 0. The summed E-state index contributed by atoms with van der Waals surface area (Å²) in [6, 6.07) is 8.40. The minimum atomic E-state index is -3.62. The van der Waals surface area contributed by atoms with Gasteiger partial charge >= 0.3 is 0 Å². The van der Waals surface area contributed by atoms with Gasteiger partial charge in [0.1, 0.15) is 11.6 Å². The number of aliphatic hydroxyl groups excluding tert-OH is 1. The van der Waals surface area contributed by atoms with Gasteiger partial charge in [-0.3, -0.25) is 0 Å². The Morgan fingerprint density at radius 3 is 2.50 bits per heavy atom. The molecule has 2 aromatic carbocycles. The first kappa shape index (κ1) is 16.4. The standard InChI is InChI=1S/C15H16FNO4S/c1-17-22(19,20)11-4-5-12(15(8-11)21-2)13-7-10(9-18)3-6-14(13)16/h3-8,17-18H,9H2,1-2H3. The summed E-state index contributed by atoms with van der Waals surface area (Å²) in [5.41, 5.74) is 1.19. The number of aliphatic hydroxyl groups is 1. The molecule has 0 heterocycles.